The number of hydrogen-bond donors (Lipinski definition) is 2. The Labute approximate surface area is 124 Å². The van der Waals surface area contributed by atoms with E-state index in [4.69, 9.17) is 4.74 Å². The second kappa shape index (κ2) is 7.20. The zero-order chi connectivity index (χ0) is 14.5. The molecule has 2 amide bonds. The van der Waals surface area contributed by atoms with Crippen LogP contribution < -0.4 is 10.6 Å². The molecule has 114 valence electrons. The largest absolute Gasteiger partial charge is 0.465 e. The van der Waals surface area contributed by atoms with Crippen LogP contribution in [-0.2, 0) is 9.53 Å². The van der Waals surface area contributed by atoms with Crippen LogP contribution in [-0.4, -0.2) is 41.7 Å². The lowest BCUT2D eigenvalue weighted by molar-refractivity contribution is -0.144. The molecular formula is C14H24N2O3S. The Kier molecular flexibility index (Phi) is 5.57. The Morgan fingerprint density at radius 1 is 1.40 bits per heavy atom. The molecule has 0 bridgehead atoms. The lowest BCUT2D eigenvalue weighted by atomic mass is 10.0. The van der Waals surface area contributed by atoms with Crippen molar-refractivity contribution in [2.24, 2.45) is 5.92 Å². The molecule has 2 fully saturated rings. The minimum absolute atomic E-state index is 0.0393. The van der Waals surface area contributed by atoms with Crippen LogP contribution in [0.25, 0.3) is 0 Å². The van der Waals surface area contributed by atoms with Gasteiger partial charge in [0.05, 0.1) is 18.7 Å². The predicted molar refractivity (Wildman–Crippen MR) is 79.8 cm³/mol. The van der Waals surface area contributed by atoms with Gasteiger partial charge >= 0.3 is 12.0 Å². The summed E-state index contributed by atoms with van der Waals surface area (Å²) in [6, 6.07) is 0.511. The molecule has 3 atom stereocenters. The predicted octanol–water partition coefficient (Wildman–Crippen LogP) is 1.91. The third kappa shape index (κ3) is 4.30. The Bertz CT molecular complexity index is 362. The lowest BCUT2D eigenvalue weighted by Gasteiger charge is -2.16. The molecule has 2 N–H and O–H groups in total. The maximum Gasteiger partial charge on any atom is 0.315 e. The number of fused-ring (bicyclic) bond motifs is 1. The number of rotatable bonds is 7. The van der Waals surface area contributed by atoms with Crippen LogP contribution in [0.4, 0.5) is 4.79 Å². The number of carbonyl (C=O) groups is 2. The first-order valence-electron chi connectivity index (χ1n) is 7.40. The van der Waals surface area contributed by atoms with Crippen LogP contribution in [0.15, 0.2) is 0 Å². The number of unbranched alkanes of at least 4 members (excludes halogenated alkanes) is 1. The quantitative estimate of drug-likeness (QED) is 0.428. The van der Waals surface area contributed by atoms with Gasteiger partial charge in [0.25, 0.3) is 0 Å². The van der Waals surface area contributed by atoms with E-state index < -0.39 is 0 Å². The molecule has 2 saturated heterocycles. The van der Waals surface area contributed by atoms with Gasteiger partial charge in [0.1, 0.15) is 0 Å². The van der Waals surface area contributed by atoms with Crippen LogP contribution in [0.2, 0.25) is 0 Å². The third-order valence-corrected chi connectivity index (χ3v) is 5.14. The van der Waals surface area contributed by atoms with E-state index in [1.165, 1.54) is 0 Å². The van der Waals surface area contributed by atoms with Gasteiger partial charge in [-0.3, -0.25) is 4.79 Å². The van der Waals surface area contributed by atoms with Gasteiger partial charge in [0, 0.05) is 17.4 Å². The SMILES string of the molecule is CC(C)COC(=O)CCCC[C@H]1SC[C@H]2NC(=O)N[C@H]21. The van der Waals surface area contributed by atoms with Gasteiger partial charge in [-0.15, -0.1) is 0 Å². The fourth-order valence-electron chi connectivity index (χ4n) is 2.59. The summed E-state index contributed by atoms with van der Waals surface area (Å²) in [6.45, 7) is 4.58. The molecule has 0 saturated carbocycles. The first-order valence-corrected chi connectivity index (χ1v) is 8.45. The monoisotopic (exact) mass is 300 g/mol. The smallest absolute Gasteiger partial charge is 0.315 e. The highest BCUT2D eigenvalue weighted by atomic mass is 32.2. The van der Waals surface area contributed by atoms with Crippen LogP contribution >= 0.6 is 11.8 Å². The van der Waals surface area contributed by atoms with Crippen LogP contribution in [0.1, 0.15) is 39.5 Å². The summed E-state index contributed by atoms with van der Waals surface area (Å²) in [5, 5.41) is 6.40. The highest BCUT2D eigenvalue weighted by molar-refractivity contribution is 8.00. The standard InChI is InChI=1S/C14H24N2O3S/c1-9(2)7-19-12(17)6-4-3-5-11-13-10(8-20-11)15-14(18)16-13/h9-11,13H,3-8H2,1-2H3,(H2,15,16,18)/t10-,11-,13-/m1/s1. The second-order valence-electron chi connectivity index (χ2n) is 5.94. The van der Waals surface area contributed by atoms with Gasteiger partial charge in [0.2, 0.25) is 0 Å². The summed E-state index contributed by atoms with van der Waals surface area (Å²) in [5.74, 6) is 1.29. The molecule has 0 spiro atoms. The number of carbonyl (C=O) groups excluding carboxylic acids is 2. The van der Waals surface area contributed by atoms with E-state index in [0.29, 0.717) is 24.2 Å². The van der Waals surface area contributed by atoms with Gasteiger partial charge < -0.3 is 15.4 Å². The van der Waals surface area contributed by atoms with Crippen LogP contribution in [0, 0.1) is 5.92 Å². The van der Waals surface area contributed by atoms with Crippen molar-refractivity contribution in [1.82, 2.24) is 10.6 Å². The minimum Gasteiger partial charge on any atom is -0.465 e. The topological polar surface area (TPSA) is 67.4 Å². The van der Waals surface area contributed by atoms with Crippen molar-refractivity contribution in [3.05, 3.63) is 0 Å². The maximum absolute atomic E-state index is 11.5. The van der Waals surface area contributed by atoms with E-state index in [2.05, 4.69) is 10.6 Å². The summed E-state index contributed by atoms with van der Waals surface area (Å²) < 4.78 is 5.15. The van der Waals surface area contributed by atoms with Crippen LogP contribution in [0.3, 0.4) is 0 Å². The van der Waals surface area contributed by atoms with Gasteiger partial charge in [-0.1, -0.05) is 20.3 Å². The van der Waals surface area contributed by atoms with E-state index in [-0.39, 0.29) is 24.1 Å². The summed E-state index contributed by atoms with van der Waals surface area (Å²) in [6.07, 6.45) is 3.42. The minimum atomic E-state index is -0.0912. The van der Waals surface area contributed by atoms with Crippen molar-refractivity contribution in [2.45, 2.75) is 56.9 Å². The average Bonchev–Trinajstić information content (AvgIpc) is 2.92. The van der Waals surface area contributed by atoms with Gasteiger partial charge in [-0.05, 0) is 18.8 Å². The second-order valence-corrected chi connectivity index (χ2v) is 7.22. The molecule has 0 aromatic heterocycles. The maximum atomic E-state index is 11.5. The molecule has 0 radical (unpaired) electrons. The number of ether oxygens (including phenoxy) is 1. The molecular weight excluding hydrogens is 276 g/mol. The zero-order valence-electron chi connectivity index (χ0n) is 12.2. The van der Waals surface area contributed by atoms with E-state index in [1.54, 1.807) is 0 Å². The fourth-order valence-corrected chi connectivity index (χ4v) is 4.13. The molecule has 2 aliphatic rings. The highest BCUT2D eigenvalue weighted by Gasteiger charge is 2.42. The number of urea groups is 1. The fraction of sp³-hybridized carbons (Fsp3) is 0.857. The summed E-state index contributed by atoms with van der Waals surface area (Å²) in [7, 11) is 0. The van der Waals surface area contributed by atoms with Crippen molar-refractivity contribution in [3.8, 4) is 0 Å². The Balaban J connectivity index is 1.57. The third-order valence-electron chi connectivity index (χ3n) is 3.64. The van der Waals surface area contributed by atoms with Crippen molar-refractivity contribution in [2.75, 3.05) is 12.4 Å². The molecule has 0 aromatic carbocycles. The van der Waals surface area contributed by atoms with E-state index in [1.807, 2.05) is 25.6 Å². The molecule has 2 aliphatic heterocycles. The number of amides is 2. The van der Waals surface area contributed by atoms with Crippen molar-refractivity contribution >= 4 is 23.8 Å². The Morgan fingerprint density at radius 2 is 2.20 bits per heavy atom. The highest BCUT2D eigenvalue weighted by Crippen LogP contribution is 2.33. The number of esters is 1. The summed E-state index contributed by atoms with van der Waals surface area (Å²) in [5.41, 5.74) is 0. The Hall–Kier alpha value is -0.910. The molecule has 6 heteroatoms. The molecule has 0 aromatic rings. The lowest BCUT2D eigenvalue weighted by Crippen LogP contribution is -2.36. The van der Waals surface area contributed by atoms with Crippen LogP contribution in [0.5, 0.6) is 0 Å². The Morgan fingerprint density at radius 3 is 2.95 bits per heavy atom. The average molecular weight is 300 g/mol. The number of hydrogen-bond acceptors (Lipinski definition) is 4. The first-order chi connectivity index (χ1) is 9.56. The summed E-state index contributed by atoms with van der Waals surface area (Å²) >= 11 is 1.92. The van der Waals surface area contributed by atoms with Crippen molar-refractivity contribution in [3.63, 3.8) is 0 Å². The van der Waals surface area contributed by atoms with Gasteiger partial charge in [-0.25, -0.2) is 4.79 Å². The van der Waals surface area contributed by atoms with E-state index >= 15 is 0 Å². The molecule has 20 heavy (non-hydrogen) atoms. The molecule has 5 nitrogen and oxygen atoms in total. The van der Waals surface area contributed by atoms with E-state index in [9.17, 15) is 9.59 Å². The van der Waals surface area contributed by atoms with Crippen molar-refractivity contribution < 1.29 is 14.3 Å². The van der Waals surface area contributed by atoms with Crippen molar-refractivity contribution in [1.29, 1.82) is 0 Å². The normalized spacial score (nSPS) is 28.1. The summed E-state index contributed by atoms with van der Waals surface area (Å²) in [4.78, 5) is 22.7. The van der Waals surface area contributed by atoms with Gasteiger partial charge in [-0.2, -0.15) is 11.8 Å². The van der Waals surface area contributed by atoms with E-state index in [0.717, 1.165) is 25.0 Å². The molecule has 0 unspecified atom stereocenters. The van der Waals surface area contributed by atoms with Gasteiger partial charge in [0.15, 0.2) is 0 Å². The number of nitrogens with one attached hydrogen (secondary N) is 2. The molecule has 0 aliphatic carbocycles. The molecule has 2 heterocycles. The first kappa shape index (κ1) is 15.5. The number of thioether (sulfide) groups is 1. The zero-order valence-corrected chi connectivity index (χ0v) is 13.0. The molecule has 2 rings (SSSR count).